The summed E-state index contributed by atoms with van der Waals surface area (Å²) >= 11 is 0. The van der Waals surface area contributed by atoms with Crippen LogP contribution in [0.25, 0.3) is 11.2 Å². The zero-order valence-electron chi connectivity index (χ0n) is 12.3. The van der Waals surface area contributed by atoms with Gasteiger partial charge in [-0.25, -0.2) is 9.37 Å². The second-order valence-electron chi connectivity index (χ2n) is 5.16. The Morgan fingerprint density at radius 1 is 1.29 bits per heavy atom. The second-order valence-corrected chi connectivity index (χ2v) is 5.16. The largest absolute Gasteiger partial charge is 0.369 e. The van der Waals surface area contributed by atoms with Crippen LogP contribution < -0.4 is 5.73 Å². The summed E-state index contributed by atoms with van der Waals surface area (Å²) in [5.74, 6) is 0.202. The molecule has 21 heavy (non-hydrogen) atoms. The normalized spacial score (nSPS) is 13.0. The Kier molecular flexibility index (Phi) is 3.16. The molecule has 0 fully saturated rings. The van der Waals surface area contributed by atoms with Crippen LogP contribution in [-0.2, 0) is 13.5 Å². The van der Waals surface area contributed by atoms with Gasteiger partial charge in [-0.3, -0.25) is 9.25 Å². The first kappa shape index (κ1) is 13.6. The van der Waals surface area contributed by atoms with Crippen molar-refractivity contribution in [2.75, 3.05) is 5.73 Å². The lowest BCUT2D eigenvalue weighted by Gasteiger charge is -2.16. The summed E-state index contributed by atoms with van der Waals surface area (Å²) in [6.45, 7) is 4.06. The highest BCUT2D eigenvalue weighted by Crippen LogP contribution is 2.28. The van der Waals surface area contributed by atoms with Crippen LogP contribution in [0.2, 0.25) is 0 Å². The standard InChI is InChI=1S/C15H18FN5/c1-4-12-13-14(20(3)19-12)21(15(17)18-13)9(2)10-5-7-11(16)8-6-10/h5-9H,4H2,1-3H3,(H2,17,18). The minimum atomic E-state index is -0.247. The Morgan fingerprint density at radius 3 is 2.57 bits per heavy atom. The molecule has 6 heteroatoms. The van der Waals surface area contributed by atoms with Gasteiger partial charge in [0.15, 0.2) is 5.65 Å². The molecule has 0 radical (unpaired) electrons. The molecule has 0 aliphatic carbocycles. The predicted octanol–water partition coefficient (Wildman–Crippen LogP) is 2.66. The van der Waals surface area contributed by atoms with E-state index in [-0.39, 0.29) is 11.9 Å². The Morgan fingerprint density at radius 2 is 1.95 bits per heavy atom. The van der Waals surface area contributed by atoms with Crippen LogP contribution >= 0.6 is 0 Å². The van der Waals surface area contributed by atoms with Crippen molar-refractivity contribution < 1.29 is 4.39 Å². The molecule has 110 valence electrons. The van der Waals surface area contributed by atoms with Gasteiger partial charge in [-0.05, 0) is 31.0 Å². The van der Waals surface area contributed by atoms with E-state index in [4.69, 9.17) is 5.73 Å². The number of nitrogens with two attached hydrogens (primary N) is 1. The van der Waals surface area contributed by atoms with Gasteiger partial charge in [-0.1, -0.05) is 19.1 Å². The molecule has 3 aromatic rings. The molecule has 1 atom stereocenters. The number of benzene rings is 1. The zero-order chi connectivity index (χ0) is 15.1. The van der Waals surface area contributed by atoms with Crippen LogP contribution in [0, 0.1) is 5.82 Å². The summed E-state index contributed by atoms with van der Waals surface area (Å²) in [6.07, 6.45) is 0.804. The van der Waals surface area contributed by atoms with E-state index in [1.807, 2.05) is 25.5 Å². The van der Waals surface area contributed by atoms with Crippen LogP contribution in [0.1, 0.15) is 31.1 Å². The van der Waals surface area contributed by atoms with Crippen molar-refractivity contribution in [3.05, 3.63) is 41.3 Å². The molecule has 2 aromatic heterocycles. The van der Waals surface area contributed by atoms with Gasteiger partial charge in [0.2, 0.25) is 5.95 Å². The fourth-order valence-electron chi connectivity index (χ4n) is 2.73. The summed E-state index contributed by atoms with van der Waals surface area (Å²) in [5.41, 5.74) is 9.73. The molecule has 2 N–H and O–H groups in total. The number of rotatable bonds is 3. The minimum Gasteiger partial charge on any atom is -0.369 e. The SMILES string of the molecule is CCc1nn(C)c2c1nc(N)n2C(C)c1ccc(F)cc1. The van der Waals surface area contributed by atoms with Gasteiger partial charge < -0.3 is 5.73 Å². The zero-order valence-corrected chi connectivity index (χ0v) is 12.3. The van der Waals surface area contributed by atoms with Gasteiger partial charge in [0.1, 0.15) is 11.3 Å². The monoisotopic (exact) mass is 287 g/mol. The molecular formula is C15H18FN5. The van der Waals surface area contributed by atoms with Gasteiger partial charge in [0.25, 0.3) is 0 Å². The van der Waals surface area contributed by atoms with E-state index in [1.165, 1.54) is 12.1 Å². The molecule has 3 rings (SSSR count). The lowest BCUT2D eigenvalue weighted by Crippen LogP contribution is -2.12. The van der Waals surface area contributed by atoms with Crippen molar-refractivity contribution in [3.8, 4) is 0 Å². The molecule has 2 heterocycles. The fraction of sp³-hybridized carbons (Fsp3) is 0.333. The third-order valence-electron chi connectivity index (χ3n) is 3.84. The highest BCUT2D eigenvalue weighted by atomic mass is 19.1. The molecule has 0 spiro atoms. The van der Waals surface area contributed by atoms with Crippen molar-refractivity contribution in [1.29, 1.82) is 0 Å². The van der Waals surface area contributed by atoms with Crippen LogP contribution in [-0.4, -0.2) is 19.3 Å². The Bertz CT molecular complexity index is 785. The maximum absolute atomic E-state index is 13.1. The van der Waals surface area contributed by atoms with E-state index < -0.39 is 0 Å². The smallest absolute Gasteiger partial charge is 0.203 e. The number of nitrogen functional groups attached to an aromatic ring is 1. The van der Waals surface area contributed by atoms with Gasteiger partial charge in [0.05, 0.1) is 11.7 Å². The van der Waals surface area contributed by atoms with Crippen LogP contribution in [0.5, 0.6) is 0 Å². The molecule has 1 unspecified atom stereocenters. The third-order valence-corrected chi connectivity index (χ3v) is 3.84. The number of hydrogen-bond acceptors (Lipinski definition) is 3. The number of anilines is 1. The lowest BCUT2D eigenvalue weighted by molar-refractivity contribution is 0.615. The van der Waals surface area contributed by atoms with Crippen molar-refractivity contribution >= 4 is 17.1 Å². The minimum absolute atomic E-state index is 0.0456. The first-order valence-corrected chi connectivity index (χ1v) is 6.97. The second kappa shape index (κ2) is 4.87. The highest BCUT2D eigenvalue weighted by Gasteiger charge is 2.21. The fourth-order valence-corrected chi connectivity index (χ4v) is 2.73. The van der Waals surface area contributed by atoms with E-state index in [0.717, 1.165) is 28.8 Å². The van der Waals surface area contributed by atoms with Crippen molar-refractivity contribution in [3.63, 3.8) is 0 Å². The summed E-state index contributed by atoms with van der Waals surface area (Å²) in [7, 11) is 1.89. The lowest BCUT2D eigenvalue weighted by atomic mass is 10.1. The van der Waals surface area contributed by atoms with Crippen molar-refractivity contribution in [2.24, 2.45) is 7.05 Å². The number of hydrogen-bond donors (Lipinski definition) is 1. The first-order valence-electron chi connectivity index (χ1n) is 6.97. The topological polar surface area (TPSA) is 61.7 Å². The summed E-state index contributed by atoms with van der Waals surface area (Å²) in [5, 5.41) is 4.48. The average molecular weight is 287 g/mol. The molecule has 0 bridgehead atoms. The molecule has 0 saturated carbocycles. The maximum Gasteiger partial charge on any atom is 0.203 e. The Labute approximate surface area is 122 Å². The first-order chi connectivity index (χ1) is 10.0. The number of halogens is 1. The molecule has 0 aliphatic rings. The van der Waals surface area contributed by atoms with E-state index in [2.05, 4.69) is 10.1 Å². The molecule has 0 amide bonds. The quantitative estimate of drug-likeness (QED) is 0.805. The summed E-state index contributed by atoms with van der Waals surface area (Å²) in [4.78, 5) is 4.45. The third kappa shape index (κ3) is 2.07. The van der Waals surface area contributed by atoms with E-state index in [9.17, 15) is 4.39 Å². The molecule has 0 aliphatic heterocycles. The molecule has 5 nitrogen and oxygen atoms in total. The number of aromatic nitrogens is 4. The average Bonchev–Trinajstić information content (AvgIpc) is 2.95. The number of aryl methyl sites for hydroxylation is 2. The van der Waals surface area contributed by atoms with E-state index in [1.54, 1.807) is 16.8 Å². The number of imidazole rings is 1. The molecular weight excluding hydrogens is 269 g/mol. The van der Waals surface area contributed by atoms with Gasteiger partial charge in [0, 0.05) is 7.05 Å². The van der Waals surface area contributed by atoms with Gasteiger partial charge in [-0.15, -0.1) is 0 Å². The Hall–Kier alpha value is -2.37. The maximum atomic E-state index is 13.1. The number of fused-ring (bicyclic) bond motifs is 1. The predicted molar refractivity (Wildman–Crippen MR) is 80.5 cm³/mol. The van der Waals surface area contributed by atoms with Gasteiger partial charge >= 0.3 is 0 Å². The van der Waals surface area contributed by atoms with Crippen LogP contribution in [0.4, 0.5) is 10.3 Å². The summed E-state index contributed by atoms with van der Waals surface area (Å²) in [6, 6.07) is 6.40. The van der Waals surface area contributed by atoms with E-state index in [0.29, 0.717) is 5.95 Å². The van der Waals surface area contributed by atoms with Crippen LogP contribution in [0.15, 0.2) is 24.3 Å². The van der Waals surface area contributed by atoms with E-state index >= 15 is 0 Å². The summed E-state index contributed by atoms with van der Waals surface area (Å²) < 4.78 is 16.8. The van der Waals surface area contributed by atoms with Crippen molar-refractivity contribution in [1.82, 2.24) is 19.3 Å². The highest BCUT2D eigenvalue weighted by molar-refractivity contribution is 5.78. The van der Waals surface area contributed by atoms with Crippen molar-refractivity contribution in [2.45, 2.75) is 26.3 Å². The molecule has 1 aromatic carbocycles. The number of nitrogens with zero attached hydrogens (tertiary/aromatic N) is 4. The van der Waals surface area contributed by atoms with Gasteiger partial charge in [-0.2, -0.15) is 5.10 Å². The Balaban J connectivity index is 2.17. The van der Waals surface area contributed by atoms with Crippen LogP contribution in [0.3, 0.4) is 0 Å². The molecule has 0 saturated heterocycles.